The van der Waals surface area contributed by atoms with Gasteiger partial charge in [-0.2, -0.15) is 5.10 Å². The van der Waals surface area contributed by atoms with Crippen LogP contribution >= 0.6 is 0 Å². The monoisotopic (exact) mass is 444 g/mol. The van der Waals surface area contributed by atoms with Gasteiger partial charge in [-0.25, -0.2) is 14.6 Å². The number of amides is 1. The zero-order chi connectivity index (χ0) is 23.1. The Morgan fingerprint density at radius 2 is 1.97 bits per heavy atom. The van der Waals surface area contributed by atoms with Gasteiger partial charge in [0.2, 0.25) is 11.5 Å². The lowest BCUT2D eigenvalue weighted by Gasteiger charge is -2.22. The fourth-order valence-corrected chi connectivity index (χ4v) is 3.23. The normalized spacial score (nSPS) is 11.0. The van der Waals surface area contributed by atoms with Crippen molar-refractivity contribution in [2.24, 2.45) is 7.05 Å². The number of aromatic nitrogens is 3. The van der Waals surface area contributed by atoms with Crippen LogP contribution in [0.15, 0.2) is 29.1 Å². The Balaban J connectivity index is 2.15. The van der Waals surface area contributed by atoms with Crippen LogP contribution in [-0.2, 0) is 21.3 Å². The molecule has 0 N–H and O–H groups in total. The highest BCUT2D eigenvalue weighted by atomic mass is 16.6. The van der Waals surface area contributed by atoms with Crippen LogP contribution in [-0.4, -0.2) is 60.3 Å². The van der Waals surface area contributed by atoms with Crippen molar-refractivity contribution in [2.75, 3.05) is 38.4 Å². The van der Waals surface area contributed by atoms with Crippen LogP contribution < -0.4 is 4.90 Å². The number of nitrogens with zero attached hydrogens (tertiary/aromatic N) is 4. The summed E-state index contributed by atoms with van der Waals surface area (Å²) in [5.74, 6) is -0.771. The Kier molecular flexibility index (Phi) is 7.82. The molecule has 0 fully saturated rings. The van der Waals surface area contributed by atoms with Gasteiger partial charge in [0, 0.05) is 50.8 Å². The number of aryl methyl sites for hydroxylation is 1. The van der Waals surface area contributed by atoms with Crippen LogP contribution in [0.3, 0.4) is 0 Å². The third-order valence-electron chi connectivity index (χ3n) is 4.67. The minimum absolute atomic E-state index is 0.0939. The molecule has 0 radical (unpaired) electrons. The Labute approximate surface area is 186 Å². The summed E-state index contributed by atoms with van der Waals surface area (Å²) in [5, 5.41) is 4.69. The van der Waals surface area contributed by atoms with Crippen LogP contribution in [0.1, 0.15) is 37.2 Å². The maximum atomic E-state index is 13.0. The van der Waals surface area contributed by atoms with E-state index in [9.17, 15) is 9.59 Å². The molecule has 10 heteroatoms. The molecule has 3 aromatic heterocycles. The molecule has 0 unspecified atom stereocenters. The fourth-order valence-electron chi connectivity index (χ4n) is 3.23. The lowest BCUT2D eigenvalue weighted by atomic mass is 10.1. The van der Waals surface area contributed by atoms with Gasteiger partial charge in [-0.05, 0) is 25.8 Å². The number of anilines is 1. The molecule has 3 heterocycles. The van der Waals surface area contributed by atoms with Crippen molar-refractivity contribution in [3.05, 3.63) is 30.4 Å². The molecule has 3 rings (SSSR count). The van der Waals surface area contributed by atoms with Crippen LogP contribution in [0, 0.1) is 0 Å². The highest BCUT2D eigenvalue weighted by Crippen LogP contribution is 2.36. The van der Waals surface area contributed by atoms with Crippen molar-refractivity contribution >= 4 is 28.8 Å². The molecular formula is C22H28N4O6. The number of carbonyl (C=O) groups excluding carboxylic acids is 2. The first-order valence-electron chi connectivity index (χ1n) is 10.5. The summed E-state index contributed by atoms with van der Waals surface area (Å²) in [5.41, 5.74) is 2.10. The van der Waals surface area contributed by atoms with E-state index >= 15 is 0 Å². The van der Waals surface area contributed by atoms with Gasteiger partial charge in [-0.15, -0.1) is 0 Å². The molecule has 0 atom stereocenters. The van der Waals surface area contributed by atoms with Crippen LogP contribution in [0.25, 0.3) is 22.2 Å². The largest absolute Gasteiger partial charge is 0.460 e. The molecule has 0 bridgehead atoms. The molecule has 0 aromatic carbocycles. The number of pyridine rings is 1. The molecule has 0 aliphatic heterocycles. The summed E-state index contributed by atoms with van der Waals surface area (Å²) < 4.78 is 23.1. The molecule has 0 saturated heterocycles. The maximum Gasteiger partial charge on any atom is 0.414 e. The molecule has 0 saturated carbocycles. The van der Waals surface area contributed by atoms with Gasteiger partial charge in [0.15, 0.2) is 0 Å². The smallest absolute Gasteiger partial charge is 0.414 e. The van der Waals surface area contributed by atoms with Crippen molar-refractivity contribution in [1.82, 2.24) is 14.8 Å². The topological polar surface area (TPSA) is 109 Å². The SMILES string of the molecule is CCCOC(=O)N(CCCOC)c1c(C(=O)OCC)oc2ncc(-c3cnn(C)c3)cc12. The zero-order valence-corrected chi connectivity index (χ0v) is 18.8. The van der Waals surface area contributed by atoms with E-state index in [1.165, 1.54) is 4.90 Å². The Hall–Kier alpha value is -3.40. The predicted molar refractivity (Wildman–Crippen MR) is 118 cm³/mol. The molecule has 0 aliphatic carbocycles. The van der Waals surface area contributed by atoms with E-state index in [1.807, 2.05) is 26.2 Å². The number of hydrogen-bond donors (Lipinski definition) is 0. The van der Waals surface area contributed by atoms with E-state index in [1.54, 1.807) is 31.1 Å². The molecule has 0 spiro atoms. The van der Waals surface area contributed by atoms with Gasteiger partial charge >= 0.3 is 12.1 Å². The first-order chi connectivity index (χ1) is 15.5. The van der Waals surface area contributed by atoms with E-state index in [-0.39, 0.29) is 36.9 Å². The third-order valence-corrected chi connectivity index (χ3v) is 4.67. The Morgan fingerprint density at radius 1 is 1.16 bits per heavy atom. The van der Waals surface area contributed by atoms with Crippen LogP contribution in [0.2, 0.25) is 0 Å². The second kappa shape index (κ2) is 10.8. The number of rotatable bonds is 10. The molecule has 1 amide bonds. The first-order valence-corrected chi connectivity index (χ1v) is 10.5. The molecule has 3 aromatic rings. The second-order valence-corrected chi connectivity index (χ2v) is 7.09. The molecule has 32 heavy (non-hydrogen) atoms. The number of carbonyl (C=O) groups is 2. The first kappa shape index (κ1) is 23.3. The highest BCUT2D eigenvalue weighted by molar-refractivity contribution is 6.09. The number of hydrogen-bond acceptors (Lipinski definition) is 8. The van der Waals surface area contributed by atoms with E-state index in [0.717, 1.165) is 11.1 Å². The van der Waals surface area contributed by atoms with Crippen molar-refractivity contribution in [3.63, 3.8) is 0 Å². The van der Waals surface area contributed by atoms with Crippen molar-refractivity contribution in [3.8, 4) is 11.1 Å². The fraction of sp³-hybridized carbons (Fsp3) is 0.455. The summed E-state index contributed by atoms with van der Waals surface area (Å²) in [6.45, 7) is 4.71. The summed E-state index contributed by atoms with van der Waals surface area (Å²) >= 11 is 0. The van der Waals surface area contributed by atoms with E-state index < -0.39 is 12.1 Å². The van der Waals surface area contributed by atoms with Crippen molar-refractivity contribution < 1.29 is 28.2 Å². The van der Waals surface area contributed by atoms with Gasteiger partial charge < -0.3 is 18.6 Å². The van der Waals surface area contributed by atoms with Gasteiger partial charge in [0.25, 0.3) is 0 Å². The van der Waals surface area contributed by atoms with Gasteiger partial charge in [0.05, 0.1) is 24.8 Å². The van der Waals surface area contributed by atoms with Crippen molar-refractivity contribution in [1.29, 1.82) is 0 Å². The average molecular weight is 444 g/mol. The number of ether oxygens (including phenoxy) is 3. The maximum absolute atomic E-state index is 13.0. The third kappa shape index (κ3) is 5.08. The van der Waals surface area contributed by atoms with Gasteiger partial charge in [-0.3, -0.25) is 9.58 Å². The van der Waals surface area contributed by atoms with Gasteiger partial charge in [-0.1, -0.05) is 6.92 Å². The minimum Gasteiger partial charge on any atom is -0.460 e. The number of furan rings is 1. The average Bonchev–Trinajstić information content (AvgIpc) is 3.38. The quantitative estimate of drug-likeness (QED) is 0.343. The van der Waals surface area contributed by atoms with Crippen LogP contribution in [0.4, 0.5) is 10.5 Å². The van der Waals surface area contributed by atoms with E-state index in [2.05, 4.69) is 10.1 Å². The molecule has 10 nitrogen and oxygen atoms in total. The lowest BCUT2D eigenvalue weighted by Crippen LogP contribution is -2.34. The van der Waals surface area contributed by atoms with Crippen molar-refractivity contribution in [2.45, 2.75) is 26.7 Å². The number of fused-ring (bicyclic) bond motifs is 1. The summed E-state index contributed by atoms with van der Waals surface area (Å²) in [6.07, 6.45) is 5.81. The molecule has 0 aliphatic rings. The van der Waals surface area contributed by atoms with E-state index in [4.69, 9.17) is 18.6 Å². The molecule has 172 valence electrons. The number of esters is 1. The van der Waals surface area contributed by atoms with Crippen LogP contribution in [0.5, 0.6) is 0 Å². The summed E-state index contributed by atoms with van der Waals surface area (Å²) in [6, 6.07) is 1.82. The predicted octanol–water partition coefficient (Wildman–Crippen LogP) is 3.79. The van der Waals surface area contributed by atoms with E-state index in [0.29, 0.717) is 24.8 Å². The summed E-state index contributed by atoms with van der Waals surface area (Å²) in [4.78, 5) is 31.4. The highest BCUT2D eigenvalue weighted by Gasteiger charge is 2.31. The van der Waals surface area contributed by atoms with Gasteiger partial charge in [0.1, 0.15) is 5.69 Å². The summed E-state index contributed by atoms with van der Waals surface area (Å²) in [7, 11) is 3.40. The second-order valence-electron chi connectivity index (χ2n) is 7.09. The lowest BCUT2D eigenvalue weighted by molar-refractivity contribution is 0.0493. The number of methoxy groups -OCH3 is 1. The Bertz CT molecular complexity index is 1070. The standard InChI is InChI=1S/C22H28N4O6/c1-5-9-31-22(28)26(8-7-10-29-4)18-17-11-15(16-13-24-25(3)14-16)12-23-20(17)32-19(18)21(27)30-6-2/h11-14H,5-10H2,1-4H3. The molecular weight excluding hydrogens is 416 g/mol. The zero-order valence-electron chi connectivity index (χ0n) is 18.8. The minimum atomic E-state index is -0.677. The Morgan fingerprint density at radius 3 is 2.62 bits per heavy atom.